The minimum atomic E-state index is 0.0428. The Morgan fingerprint density at radius 3 is 2.81 bits per heavy atom. The van der Waals surface area contributed by atoms with Crippen molar-refractivity contribution in [2.24, 2.45) is 23.0 Å². The van der Waals surface area contributed by atoms with Gasteiger partial charge in [0.2, 0.25) is 0 Å². The molecule has 4 rings (SSSR count). The fraction of sp³-hybridized carbons (Fsp3) is 0.476. The maximum absolute atomic E-state index is 12.9. The third kappa shape index (κ3) is 3.61. The van der Waals surface area contributed by atoms with Crippen LogP contribution in [0.15, 0.2) is 45.6 Å². The van der Waals surface area contributed by atoms with Crippen LogP contribution in [0.2, 0.25) is 0 Å². The highest BCUT2D eigenvalue weighted by Crippen LogP contribution is 2.29. The summed E-state index contributed by atoms with van der Waals surface area (Å²) in [6.45, 7) is 2.17. The molecule has 0 aromatic carbocycles. The van der Waals surface area contributed by atoms with E-state index in [-0.39, 0.29) is 11.5 Å². The number of aromatic nitrogens is 3. The standard InChI is InChI=1S/C21H25N5O/c1-3-14-11-18(24-16-5-4-6-16)20-15(7-10-26(2)21(20)27)12-17(14)25-19-13-22-8-9-23-19/h7-10,13-14,16H,3-6,11-12H2,1-2H3. The lowest BCUT2D eigenvalue weighted by Gasteiger charge is -2.23. The van der Waals surface area contributed by atoms with Crippen molar-refractivity contribution in [1.29, 1.82) is 0 Å². The predicted molar refractivity (Wildman–Crippen MR) is 107 cm³/mol. The molecule has 27 heavy (non-hydrogen) atoms. The van der Waals surface area contributed by atoms with E-state index in [9.17, 15) is 4.79 Å². The average Bonchev–Trinajstić information content (AvgIpc) is 2.79. The predicted octanol–water partition coefficient (Wildman–Crippen LogP) is 3.26. The van der Waals surface area contributed by atoms with Crippen LogP contribution in [0.4, 0.5) is 5.82 Å². The Labute approximate surface area is 159 Å². The van der Waals surface area contributed by atoms with E-state index in [0.29, 0.717) is 18.3 Å². The van der Waals surface area contributed by atoms with E-state index in [4.69, 9.17) is 9.98 Å². The molecule has 6 heteroatoms. The molecule has 0 N–H and O–H groups in total. The van der Waals surface area contributed by atoms with Gasteiger partial charge in [-0.15, -0.1) is 0 Å². The lowest BCUT2D eigenvalue weighted by atomic mass is 9.91. The summed E-state index contributed by atoms with van der Waals surface area (Å²) in [7, 11) is 1.81. The van der Waals surface area contributed by atoms with E-state index in [1.807, 2.05) is 12.3 Å². The fourth-order valence-electron chi connectivity index (χ4n) is 3.78. The molecule has 0 aliphatic heterocycles. The molecule has 1 fully saturated rings. The summed E-state index contributed by atoms with van der Waals surface area (Å²) in [5.41, 5.74) is 3.88. The van der Waals surface area contributed by atoms with Crippen molar-refractivity contribution in [2.45, 2.75) is 51.5 Å². The molecule has 2 heterocycles. The van der Waals surface area contributed by atoms with Crippen molar-refractivity contribution in [2.75, 3.05) is 0 Å². The maximum Gasteiger partial charge on any atom is 0.259 e. The van der Waals surface area contributed by atoms with Gasteiger partial charge in [-0.2, -0.15) is 0 Å². The van der Waals surface area contributed by atoms with E-state index in [2.05, 4.69) is 16.9 Å². The molecule has 1 saturated carbocycles. The third-order valence-electron chi connectivity index (χ3n) is 5.64. The third-order valence-corrected chi connectivity index (χ3v) is 5.64. The number of hydrogen-bond acceptors (Lipinski definition) is 5. The number of nitrogens with zero attached hydrogens (tertiary/aromatic N) is 5. The van der Waals surface area contributed by atoms with Crippen molar-refractivity contribution < 1.29 is 0 Å². The van der Waals surface area contributed by atoms with Gasteiger partial charge >= 0.3 is 0 Å². The number of aryl methyl sites for hydroxylation is 1. The molecular formula is C21H25N5O. The van der Waals surface area contributed by atoms with Crippen LogP contribution in [0.1, 0.15) is 50.2 Å². The topological polar surface area (TPSA) is 72.5 Å². The second-order valence-electron chi connectivity index (χ2n) is 7.45. The van der Waals surface area contributed by atoms with Crippen molar-refractivity contribution >= 4 is 17.2 Å². The molecule has 1 unspecified atom stereocenters. The number of pyridine rings is 1. The molecule has 0 spiro atoms. The second-order valence-corrected chi connectivity index (χ2v) is 7.45. The summed E-state index contributed by atoms with van der Waals surface area (Å²) in [6.07, 6.45) is 12.7. The zero-order valence-electron chi connectivity index (χ0n) is 15.9. The van der Waals surface area contributed by atoms with E-state index >= 15 is 0 Å². The summed E-state index contributed by atoms with van der Waals surface area (Å²) in [5.74, 6) is 0.874. The van der Waals surface area contributed by atoms with E-state index in [1.165, 1.54) is 6.42 Å². The van der Waals surface area contributed by atoms with Crippen LogP contribution < -0.4 is 5.56 Å². The Hall–Kier alpha value is -2.63. The highest BCUT2D eigenvalue weighted by molar-refractivity contribution is 6.08. The van der Waals surface area contributed by atoms with Gasteiger partial charge < -0.3 is 4.57 Å². The quantitative estimate of drug-likeness (QED) is 0.786. The molecule has 0 bridgehead atoms. The number of fused-ring (bicyclic) bond motifs is 1. The van der Waals surface area contributed by atoms with Crippen LogP contribution in [-0.2, 0) is 13.5 Å². The average molecular weight is 363 g/mol. The minimum Gasteiger partial charge on any atom is -0.318 e. The van der Waals surface area contributed by atoms with E-state index < -0.39 is 0 Å². The monoisotopic (exact) mass is 363 g/mol. The molecule has 2 aliphatic carbocycles. The number of rotatable bonds is 3. The number of hydrogen-bond donors (Lipinski definition) is 0. The molecule has 2 aromatic rings. The van der Waals surface area contributed by atoms with E-state index in [1.54, 1.807) is 30.2 Å². The van der Waals surface area contributed by atoms with Gasteiger partial charge in [-0.3, -0.25) is 14.8 Å². The van der Waals surface area contributed by atoms with Crippen LogP contribution in [0.25, 0.3) is 0 Å². The second kappa shape index (κ2) is 7.55. The van der Waals surface area contributed by atoms with Gasteiger partial charge in [0.1, 0.15) is 0 Å². The lowest BCUT2D eigenvalue weighted by molar-refractivity contribution is 0.419. The largest absolute Gasteiger partial charge is 0.318 e. The van der Waals surface area contributed by atoms with Crippen molar-refractivity contribution in [3.63, 3.8) is 0 Å². The Balaban J connectivity index is 1.83. The molecule has 6 nitrogen and oxygen atoms in total. The van der Waals surface area contributed by atoms with Gasteiger partial charge in [0.15, 0.2) is 5.82 Å². The van der Waals surface area contributed by atoms with Gasteiger partial charge in [0.25, 0.3) is 5.56 Å². The summed E-state index contributed by atoms with van der Waals surface area (Å²) in [4.78, 5) is 31.2. The SMILES string of the molecule is CCC1CC(=NC2CCC2)c2c(ccn(C)c2=O)CC1=Nc1cnccn1. The first-order chi connectivity index (χ1) is 13.2. The Bertz CT molecular complexity index is 941. The smallest absolute Gasteiger partial charge is 0.259 e. The summed E-state index contributed by atoms with van der Waals surface area (Å²) < 4.78 is 1.65. The van der Waals surface area contributed by atoms with Gasteiger partial charge in [0.05, 0.1) is 17.8 Å². The maximum atomic E-state index is 12.9. The first-order valence-electron chi connectivity index (χ1n) is 9.74. The molecule has 0 amide bonds. The van der Waals surface area contributed by atoms with E-state index in [0.717, 1.165) is 48.2 Å². The fourth-order valence-corrected chi connectivity index (χ4v) is 3.78. The molecular weight excluding hydrogens is 338 g/mol. The van der Waals surface area contributed by atoms with Gasteiger partial charge in [-0.1, -0.05) is 6.92 Å². The molecule has 0 radical (unpaired) electrons. The molecule has 2 aliphatic rings. The highest BCUT2D eigenvalue weighted by atomic mass is 16.1. The minimum absolute atomic E-state index is 0.0428. The summed E-state index contributed by atoms with van der Waals surface area (Å²) >= 11 is 0. The molecule has 140 valence electrons. The van der Waals surface area contributed by atoms with Crippen molar-refractivity contribution in [3.8, 4) is 0 Å². The van der Waals surface area contributed by atoms with Crippen LogP contribution in [0, 0.1) is 5.92 Å². The molecule has 1 atom stereocenters. The Kier molecular flexibility index (Phi) is 4.97. The normalized spacial score (nSPS) is 23.1. The van der Waals surface area contributed by atoms with Crippen LogP contribution in [0.5, 0.6) is 0 Å². The van der Waals surface area contributed by atoms with Crippen LogP contribution in [0.3, 0.4) is 0 Å². The highest BCUT2D eigenvalue weighted by Gasteiger charge is 2.29. The van der Waals surface area contributed by atoms with Gasteiger partial charge in [-0.25, -0.2) is 9.98 Å². The molecule has 2 aromatic heterocycles. The van der Waals surface area contributed by atoms with Crippen molar-refractivity contribution in [3.05, 3.63) is 52.3 Å². The Morgan fingerprint density at radius 2 is 2.15 bits per heavy atom. The Morgan fingerprint density at radius 1 is 1.30 bits per heavy atom. The zero-order valence-corrected chi connectivity index (χ0v) is 15.9. The van der Waals surface area contributed by atoms with Crippen LogP contribution >= 0.6 is 0 Å². The van der Waals surface area contributed by atoms with Gasteiger partial charge in [0, 0.05) is 49.4 Å². The molecule has 0 saturated heterocycles. The summed E-state index contributed by atoms with van der Waals surface area (Å²) in [6, 6.07) is 2.41. The van der Waals surface area contributed by atoms with Gasteiger partial charge in [-0.05, 0) is 43.7 Å². The number of aliphatic imine (C=N–C) groups is 2. The summed E-state index contributed by atoms with van der Waals surface area (Å²) in [5, 5.41) is 0. The van der Waals surface area contributed by atoms with Crippen LogP contribution in [-0.4, -0.2) is 32.0 Å². The zero-order chi connectivity index (χ0) is 18.8. The lowest BCUT2D eigenvalue weighted by Crippen LogP contribution is -2.28. The first kappa shape index (κ1) is 17.8. The first-order valence-corrected chi connectivity index (χ1v) is 9.74. The van der Waals surface area contributed by atoms with Crippen molar-refractivity contribution in [1.82, 2.24) is 14.5 Å².